The summed E-state index contributed by atoms with van der Waals surface area (Å²) in [6.45, 7) is 9.28. The van der Waals surface area contributed by atoms with Gasteiger partial charge in [0.1, 0.15) is 11.6 Å². The van der Waals surface area contributed by atoms with E-state index in [9.17, 15) is 9.59 Å². The van der Waals surface area contributed by atoms with E-state index < -0.39 is 17.7 Å². The molecule has 180 valence electrons. The minimum Gasteiger partial charge on any atom is -0.444 e. The minimum atomic E-state index is -0.639. The Morgan fingerprint density at radius 3 is 2.35 bits per heavy atom. The van der Waals surface area contributed by atoms with Gasteiger partial charge in [0.05, 0.1) is 5.75 Å². The molecule has 0 aliphatic carbocycles. The molecule has 0 saturated carbocycles. The van der Waals surface area contributed by atoms with Crippen LogP contribution in [0.25, 0.3) is 0 Å². The van der Waals surface area contributed by atoms with Gasteiger partial charge < -0.3 is 19.8 Å². The number of nitrogens with zero attached hydrogens (tertiary/aromatic N) is 2. The summed E-state index contributed by atoms with van der Waals surface area (Å²) in [5, 5.41) is 14.2. The van der Waals surface area contributed by atoms with Gasteiger partial charge in [0.2, 0.25) is 11.8 Å². The molecule has 0 saturated heterocycles. The quantitative estimate of drug-likeness (QED) is 0.424. The molecule has 0 spiro atoms. The van der Waals surface area contributed by atoms with Crippen LogP contribution in [0.15, 0.2) is 58.2 Å². The first kappa shape index (κ1) is 25.3. The van der Waals surface area contributed by atoms with Crippen molar-refractivity contribution in [2.75, 3.05) is 11.1 Å². The van der Waals surface area contributed by atoms with Gasteiger partial charge in [-0.05, 0) is 51.3 Å². The van der Waals surface area contributed by atoms with Gasteiger partial charge in [0.25, 0.3) is 5.22 Å². The number of aromatic nitrogens is 2. The largest absolute Gasteiger partial charge is 0.444 e. The number of amides is 2. The van der Waals surface area contributed by atoms with Crippen LogP contribution in [0.2, 0.25) is 0 Å². The zero-order valence-corrected chi connectivity index (χ0v) is 20.9. The van der Waals surface area contributed by atoms with E-state index >= 15 is 0 Å². The van der Waals surface area contributed by atoms with Crippen molar-refractivity contribution in [2.45, 2.75) is 57.9 Å². The molecule has 0 fully saturated rings. The molecule has 0 bridgehead atoms. The van der Waals surface area contributed by atoms with E-state index in [2.05, 4.69) is 20.8 Å². The highest BCUT2D eigenvalue weighted by molar-refractivity contribution is 7.99. The fourth-order valence-electron chi connectivity index (χ4n) is 3.23. The van der Waals surface area contributed by atoms with E-state index in [0.717, 1.165) is 34.1 Å². The fourth-order valence-corrected chi connectivity index (χ4v) is 3.80. The second-order valence-electron chi connectivity index (χ2n) is 8.90. The second kappa shape index (κ2) is 11.2. The normalized spacial score (nSPS) is 12.1. The standard InChI is InChI=1S/C25H30N4O4S/c1-16-10-9-11-17(2)21(16)27-20(30)15-34-24-29-28-22(32-24)19(14-18-12-7-6-8-13-18)26-23(31)33-25(3,4)5/h6-13,19H,14-15H2,1-5H3,(H,26,31)(H,27,30). The number of rotatable bonds is 8. The molecular weight excluding hydrogens is 452 g/mol. The lowest BCUT2D eigenvalue weighted by molar-refractivity contribution is -0.113. The van der Waals surface area contributed by atoms with E-state index in [0.29, 0.717) is 6.42 Å². The highest BCUT2D eigenvalue weighted by Gasteiger charge is 2.25. The molecule has 8 nitrogen and oxygen atoms in total. The van der Waals surface area contributed by atoms with Crippen LogP contribution in [0.4, 0.5) is 10.5 Å². The lowest BCUT2D eigenvalue weighted by atomic mass is 10.1. The first-order valence-corrected chi connectivity index (χ1v) is 11.9. The summed E-state index contributed by atoms with van der Waals surface area (Å²) in [6.07, 6.45) is -0.131. The van der Waals surface area contributed by atoms with Crippen molar-refractivity contribution >= 4 is 29.4 Å². The molecule has 2 amide bonds. The molecule has 0 aliphatic rings. The Morgan fingerprint density at radius 1 is 1.03 bits per heavy atom. The smallest absolute Gasteiger partial charge is 0.408 e. The van der Waals surface area contributed by atoms with Crippen LogP contribution >= 0.6 is 11.8 Å². The monoisotopic (exact) mass is 482 g/mol. The Morgan fingerprint density at radius 2 is 1.71 bits per heavy atom. The number of aryl methyl sites for hydroxylation is 2. The molecule has 1 atom stereocenters. The first-order chi connectivity index (χ1) is 16.1. The number of hydrogen-bond acceptors (Lipinski definition) is 7. The number of alkyl carbamates (subject to hydrolysis) is 1. The molecule has 1 heterocycles. The maximum absolute atomic E-state index is 12.5. The maximum Gasteiger partial charge on any atom is 0.408 e. The van der Waals surface area contributed by atoms with Crippen molar-refractivity contribution in [1.29, 1.82) is 0 Å². The van der Waals surface area contributed by atoms with Crippen molar-refractivity contribution in [1.82, 2.24) is 15.5 Å². The number of carbonyl (C=O) groups is 2. The number of hydrogen-bond donors (Lipinski definition) is 2. The van der Waals surface area contributed by atoms with Gasteiger partial charge in [-0.3, -0.25) is 4.79 Å². The van der Waals surface area contributed by atoms with E-state index in [1.807, 2.05) is 62.4 Å². The summed E-state index contributed by atoms with van der Waals surface area (Å²) in [4.78, 5) is 24.9. The number of nitrogens with one attached hydrogen (secondary N) is 2. The van der Waals surface area contributed by atoms with Crippen LogP contribution in [-0.4, -0.2) is 33.6 Å². The SMILES string of the molecule is Cc1cccc(C)c1NC(=O)CSc1nnc(C(Cc2ccccc2)NC(=O)OC(C)(C)C)o1. The van der Waals surface area contributed by atoms with Gasteiger partial charge in [-0.2, -0.15) is 0 Å². The Kier molecular flexibility index (Phi) is 8.33. The Balaban J connectivity index is 1.66. The molecule has 0 radical (unpaired) electrons. The van der Waals surface area contributed by atoms with Crippen molar-refractivity contribution in [2.24, 2.45) is 0 Å². The molecular formula is C25H30N4O4S. The van der Waals surface area contributed by atoms with Crippen LogP contribution < -0.4 is 10.6 Å². The maximum atomic E-state index is 12.5. The number of anilines is 1. The highest BCUT2D eigenvalue weighted by Crippen LogP contribution is 2.24. The first-order valence-electron chi connectivity index (χ1n) is 11.0. The van der Waals surface area contributed by atoms with E-state index in [1.165, 1.54) is 0 Å². The van der Waals surface area contributed by atoms with Crippen molar-refractivity contribution in [3.8, 4) is 0 Å². The van der Waals surface area contributed by atoms with Crippen molar-refractivity contribution < 1.29 is 18.7 Å². The van der Waals surface area contributed by atoms with Crippen LogP contribution in [0, 0.1) is 13.8 Å². The summed E-state index contributed by atoms with van der Waals surface area (Å²) in [5.41, 5.74) is 3.15. The summed E-state index contributed by atoms with van der Waals surface area (Å²) < 4.78 is 11.2. The summed E-state index contributed by atoms with van der Waals surface area (Å²) in [6, 6.07) is 14.9. The van der Waals surface area contributed by atoms with Gasteiger partial charge in [0, 0.05) is 12.1 Å². The summed E-state index contributed by atoms with van der Waals surface area (Å²) in [5.74, 6) is 0.181. The lowest BCUT2D eigenvalue weighted by Crippen LogP contribution is -2.36. The highest BCUT2D eigenvalue weighted by atomic mass is 32.2. The lowest BCUT2D eigenvalue weighted by Gasteiger charge is -2.22. The third-order valence-electron chi connectivity index (χ3n) is 4.77. The number of para-hydroxylation sites is 1. The molecule has 3 aromatic rings. The number of ether oxygens (including phenoxy) is 1. The number of thioether (sulfide) groups is 1. The molecule has 9 heteroatoms. The third kappa shape index (κ3) is 7.62. The van der Waals surface area contributed by atoms with Gasteiger partial charge in [-0.25, -0.2) is 4.79 Å². The minimum absolute atomic E-state index is 0.109. The van der Waals surface area contributed by atoms with Gasteiger partial charge in [-0.15, -0.1) is 10.2 Å². The van der Waals surface area contributed by atoms with E-state index in [1.54, 1.807) is 20.8 Å². The molecule has 1 aromatic heterocycles. The van der Waals surface area contributed by atoms with Crippen molar-refractivity contribution in [3.63, 3.8) is 0 Å². The third-order valence-corrected chi connectivity index (χ3v) is 5.58. The zero-order chi connectivity index (χ0) is 24.7. The number of carbonyl (C=O) groups excluding carboxylic acids is 2. The average molecular weight is 483 g/mol. The average Bonchev–Trinajstić information content (AvgIpc) is 3.23. The van der Waals surface area contributed by atoms with Crippen LogP contribution in [0.1, 0.15) is 49.4 Å². The molecule has 2 N–H and O–H groups in total. The topological polar surface area (TPSA) is 106 Å². The summed E-state index contributed by atoms with van der Waals surface area (Å²) >= 11 is 1.14. The molecule has 3 rings (SSSR count). The van der Waals surface area contributed by atoms with Gasteiger partial charge >= 0.3 is 6.09 Å². The predicted octanol–water partition coefficient (Wildman–Crippen LogP) is 5.23. The van der Waals surface area contributed by atoms with E-state index in [4.69, 9.17) is 9.15 Å². The van der Waals surface area contributed by atoms with Crippen LogP contribution in [0.5, 0.6) is 0 Å². The molecule has 2 aromatic carbocycles. The summed E-state index contributed by atoms with van der Waals surface area (Å²) in [7, 11) is 0. The Bertz CT molecular complexity index is 1110. The van der Waals surface area contributed by atoms with Crippen LogP contribution in [-0.2, 0) is 16.0 Å². The van der Waals surface area contributed by atoms with Gasteiger partial charge in [-0.1, -0.05) is 60.3 Å². The Labute approximate surface area is 203 Å². The van der Waals surface area contributed by atoms with Gasteiger partial charge in [0.15, 0.2) is 0 Å². The van der Waals surface area contributed by atoms with Crippen molar-refractivity contribution in [3.05, 3.63) is 71.1 Å². The molecule has 1 unspecified atom stereocenters. The predicted molar refractivity (Wildman–Crippen MR) is 132 cm³/mol. The zero-order valence-electron chi connectivity index (χ0n) is 20.0. The number of benzene rings is 2. The Hall–Kier alpha value is -3.33. The van der Waals surface area contributed by atoms with Crippen LogP contribution in [0.3, 0.4) is 0 Å². The van der Waals surface area contributed by atoms with E-state index in [-0.39, 0.29) is 22.8 Å². The second-order valence-corrected chi connectivity index (χ2v) is 9.82. The molecule has 34 heavy (non-hydrogen) atoms. The molecule has 0 aliphatic heterocycles. The fraction of sp³-hybridized carbons (Fsp3) is 0.360.